The molecule has 2 fully saturated rings. The minimum Gasteiger partial charge on any atom is -0.481 e. The van der Waals surface area contributed by atoms with Crippen LogP contribution in [0, 0.1) is 5.92 Å². The van der Waals surface area contributed by atoms with Crippen LogP contribution in [-0.2, 0) is 14.3 Å². The number of carbonyl (C=O) groups is 2. The second-order valence-electron chi connectivity index (χ2n) is 5.05. The van der Waals surface area contributed by atoms with Crippen molar-refractivity contribution in [3.63, 3.8) is 0 Å². The fourth-order valence-corrected chi connectivity index (χ4v) is 3.31. The van der Waals surface area contributed by atoms with Crippen LogP contribution in [0.3, 0.4) is 0 Å². The average Bonchev–Trinajstić information content (AvgIpc) is 2.50. The summed E-state index contributed by atoms with van der Waals surface area (Å²) >= 11 is 0. The lowest BCUT2D eigenvalue weighted by Crippen LogP contribution is -2.48. The lowest BCUT2D eigenvalue weighted by Gasteiger charge is -2.38. The first-order valence-corrected chi connectivity index (χ1v) is 6.13. The monoisotopic (exact) mass is 241 g/mol. The Morgan fingerprint density at radius 3 is 2.35 bits per heavy atom. The Morgan fingerprint density at radius 2 is 1.88 bits per heavy atom. The van der Waals surface area contributed by atoms with Crippen molar-refractivity contribution in [2.45, 2.75) is 44.2 Å². The highest BCUT2D eigenvalue weighted by atomic mass is 16.5. The van der Waals surface area contributed by atoms with Gasteiger partial charge in [-0.05, 0) is 31.6 Å². The van der Waals surface area contributed by atoms with Gasteiger partial charge >= 0.3 is 5.97 Å². The Morgan fingerprint density at radius 1 is 1.29 bits per heavy atom. The summed E-state index contributed by atoms with van der Waals surface area (Å²) in [7, 11) is 1.52. The molecule has 5 nitrogen and oxygen atoms in total. The van der Waals surface area contributed by atoms with Crippen molar-refractivity contribution in [3.05, 3.63) is 0 Å². The van der Waals surface area contributed by atoms with Gasteiger partial charge in [-0.3, -0.25) is 9.59 Å². The van der Waals surface area contributed by atoms with E-state index in [2.05, 4.69) is 0 Å². The summed E-state index contributed by atoms with van der Waals surface area (Å²) in [6, 6.07) is 0.474. The zero-order chi connectivity index (χ0) is 12.4. The average molecular weight is 241 g/mol. The van der Waals surface area contributed by atoms with E-state index in [1.165, 1.54) is 7.11 Å². The summed E-state index contributed by atoms with van der Waals surface area (Å²) in [4.78, 5) is 24.5. The molecule has 1 amide bonds. The Kier molecular flexibility index (Phi) is 3.66. The highest BCUT2D eigenvalue weighted by Gasteiger charge is 2.43. The summed E-state index contributed by atoms with van der Waals surface area (Å²) in [5.41, 5.74) is 0. The van der Waals surface area contributed by atoms with E-state index in [0.717, 1.165) is 25.7 Å². The molecular weight excluding hydrogens is 222 g/mol. The number of carboxylic acids is 1. The molecule has 0 saturated carbocycles. The standard InChI is InChI=1S/C12H19NO4/c1-17-7-11(14)13-9-2-3-10(13)5-8(4-9)6-12(15)16/h8-10H,2-7H2,1H3,(H,15,16). The van der Waals surface area contributed by atoms with E-state index in [9.17, 15) is 9.59 Å². The molecule has 0 aromatic rings. The fraction of sp³-hybridized carbons (Fsp3) is 0.833. The molecule has 2 rings (SSSR count). The van der Waals surface area contributed by atoms with Gasteiger partial charge in [0.25, 0.3) is 0 Å². The van der Waals surface area contributed by atoms with E-state index in [4.69, 9.17) is 9.84 Å². The number of piperidine rings is 1. The summed E-state index contributed by atoms with van der Waals surface area (Å²) in [5.74, 6) is -0.448. The number of carboxylic acid groups (broad SMARTS) is 1. The summed E-state index contributed by atoms with van der Waals surface area (Å²) < 4.78 is 4.89. The number of amides is 1. The maximum absolute atomic E-state index is 11.9. The number of carbonyl (C=O) groups excluding carboxylic acids is 1. The topological polar surface area (TPSA) is 66.8 Å². The number of aliphatic carboxylic acids is 1. The van der Waals surface area contributed by atoms with E-state index < -0.39 is 5.97 Å². The third-order valence-electron chi connectivity index (χ3n) is 3.85. The van der Waals surface area contributed by atoms with Crippen LogP contribution < -0.4 is 0 Å². The molecule has 2 unspecified atom stereocenters. The van der Waals surface area contributed by atoms with Crippen LogP contribution >= 0.6 is 0 Å². The Bertz CT molecular complexity index is 304. The molecule has 0 aromatic carbocycles. The molecular formula is C12H19NO4. The SMILES string of the molecule is COCC(=O)N1C2CCC1CC(CC(=O)O)C2. The highest BCUT2D eigenvalue weighted by molar-refractivity contribution is 5.78. The second-order valence-corrected chi connectivity index (χ2v) is 5.05. The van der Waals surface area contributed by atoms with E-state index in [1.807, 2.05) is 4.90 Å². The van der Waals surface area contributed by atoms with Gasteiger partial charge in [0.2, 0.25) is 5.91 Å². The summed E-state index contributed by atoms with van der Waals surface area (Å²) in [6.07, 6.45) is 3.92. The predicted molar refractivity (Wildman–Crippen MR) is 60.5 cm³/mol. The van der Waals surface area contributed by atoms with Gasteiger partial charge in [-0.2, -0.15) is 0 Å². The molecule has 2 saturated heterocycles. The molecule has 0 aliphatic carbocycles. The Hall–Kier alpha value is -1.10. The van der Waals surface area contributed by atoms with Gasteiger partial charge < -0.3 is 14.7 Å². The quantitative estimate of drug-likeness (QED) is 0.793. The molecule has 5 heteroatoms. The first-order valence-electron chi connectivity index (χ1n) is 6.13. The number of fused-ring (bicyclic) bond motifs is 2. The van der Waals surface area contributed by atoms with Crippen molar-refractivity contribution in [1.29, 1.82) is 0 Å². The van der Waals surface area contributed by atoms with Crippen LogP contribution in [0.2, 0.25) is 0 Å². The lowest BCUT2D eigenvalue weighted by molar-refractivity contribution is -0.142. The Balaban J connectivity index is 1.97. The zero-order valence-electron chi connectivity index (χ0n) is 10.1. The minimum atomic E-state index is -0.730. The Labute approximate surface area is 101 Å². The minimum absolute atomic E-state index is 0.0498. The summed E-state index contributed by atoms with van der Waals surface area (Å²) in [5, 5.41) is 8.82. The molecule has 0 spiro atoms. The van der Waals surface area contributed by atoms with Gasteiger partial charge in [0.1, 0.15) is 6.61 Å². The van der Waals surface area contributed by atoms with Gasteiger partial charge in [-0.15, -0.1) is 0 Å². The van der Waals surface area contributed by atoms with Crippen LogP contribution in [0.4, 0.5) is 0 Å². The molecule has 0 radical (unpaired) electrons. The van der Waals surface area contributed by atoms with Gasteiger partial charge in [0.15, 0.2) is 0 Å². The first kappa shape index (κ1) is 12.4. The maximum atomic E-state index is 11.9. The number of hydrogen-bond donors (Lipinski definition) is 1. The number of methoxy groups -OCH3 is 1. The number of rotatable bonds is 4. The molecule has 2 heterocycles. The molecule has 17 heavy (non-hydrogen) atoms. The van der Waals surface area contributed by atoms with Crippen molar-refractivity contribution in [2.75, 3.05) is 13.7 Å². The number of hydrogen-bond acceptors (Lipinski definition) is 3. The highest BCUT2D eigenvalue weighted by Crippen LogP contribution is 2.39. The van der Waals surface area contributed by atoms with Crippen LogP contribution in [0.5, 0.6) is 0 Å². The third-order valence-corrected chi connectivity index (χ3v) is 3.85. The first-order chi connectivity index (χ1) is 8.11. The number of nitrogens with zero attached hydrogens (tertiary/aromatic N) is 1. The maximum Gasteiger partial charge on any atom is 0.303 e. The molecule has 2 atom stereocenters. The van der Waals surface area contributed by atoms with Gasteiger partial charge in [-0.25, -0.2) is 0 Å². The molecule has 2 bridgehead atoms. The molecule has 1 N–H and O–H groups in total. The van der Waals surface area contributed by atoms with E-state index in [0.29, 0.717) is 0 Å². The van der Waals surface area contributed by atoms with Gasteiger partial charge in [0, 0.05) is 25.6 Å². The predicted octanol–water partition coefficient (Wildman–Crippen LogP) is 0.877. The van der Waals surface area contributed by atoms with Crippen molar-refractivity contribution in [1.82, 2.24) is 4.90 Å². The van der Waals surface area contributed by atoms with Crippen molar-refractivity contribution < 1.29 is 19.4 Å². The van der Waals surface area contributed by atoms with Crippen LogP contribution in [0.15, 0.2) is 0 Å². The lowest BCUT2D eigenvalue weighted by atomic mass is 9.88. The van der Waals surface area contributed by atoms with Crippen LogP contribution in [-0.4, -0.2) is 47.7 Å². The van der Waals surface area contributed by atoms with Gasteiger partial charge in [-0.1, -0.05) is 0 Å². The molecule has 0 aromatic heterocycles. The normalized spacial score (nSPS) is 31.6. The fourth-order valence-electron chi connectivity index (χ4n) is 3.31. The van der Waals surface area contributed by atoms with E-state index in [1.54, 1.807) is 0 Å². The van der Waals surface area contributed by atoms with Gasteiger partial charge in [0.05, 0.1) is 0 Å². The number of ether oxygens (including phenoxy) is 1. The van der Waals surface area contributed by atoms with Crippen LogP contribution in [0.1, 0.15) is 32.1 Å². The van der Waals surface area contributed by atoms with Crippen molar-refractivity contribution >= 4 is 11.9 Å². The van der Waals surface area contributed by atoms with Crippen LogP contribution in [0.25, 0.3) is 0 Å². The second kappa shape index (κ2) is 5.04. The molecule has 2 aliphatic rings. The summed E-state index contributed by atoms with van der Waals surface area (Å²) in [6.45, 7) is 0.136. The van der Waals surface area contributed by atoms with Crippen molar-refractivity contribution in [3.8, 4) is 0 Å². The molecule has 96 valence electrons. The van der Waals surface area contributed by atoms with Crippen molar-refractivity contribution in [2.24, 2.45) is 5.92 Å². The van der Waals surface area contributed by atoms with E-state index in [-0.39, 0.29) is 36.9 Å². The van der Waals surface area contributed by atoms with E-state index >= 15 is 0 Å². The third kappa shape index (κ3) is 2.60. The largest absolute Gasteiger partial charge is 0.481 e. The smallest absolute Gasteiger partial charge is 0.303 e. The molecule has 2 aliphatic heterocycles. The zero-order valence-corrected chi connectivity index (χ0v) is 10.1.